The summed E-state index contributed by atoms with van der Waals surface area (Å²) in [6.07, 6.45) is 3.22. The predicted octanol–water partition coefficient (Wildman–Crippen LogP) is 4.97. The van der Waals surface area contributed by atoms with Crippen LogP contribution in [0, 0.1) is 0 Å². The van der Waals surface area contributed by atoms with Crippen LogP contribution in [-0.2, 0) is 9.59 Å². The Labute approximate surface area is 170 Å². The highest BCUT2D eigenvalue weighted by Gasteiger charge is 2.08. The third kappa shape index (κ3) is 5.56. The van der Waals surface area contributed by atoms with Gasteiger partial charge in [-0.1, -0.05) is 48.5 Å². The molecule has 0 heterocycles. The minimum atomic E-state index is -0.298. The number of anilines is 2. The van der Waals surface area contributed by atoms with E-state index in [1.807, 2.05) is 54.6 Å². The molecule has 0 aromatic heterocycles. The van der Waals surface area contributed by atoms with E-state index in [0.717, 1.165) is 16.7 Å². The molecule has 0 saturated carbocycles. The van der Waals surface area contributed by atoms with E-state index in [2.05, 4.69) is 10.6 Å². The van der Waals surface area contributed by atoms with Gasteiger partial charge in [0.15, 0.2) is 0 Å². The lowest BCUT2D eigenvalue weighted by molar-refractivity contribution is -0.114. The second kappa shape index (κ2) is 9.37. The third-order valence-corrected chi connectivity index (χ3v) is 4.20. The SMILES string of the molecule is COc1ccc(NC(C)=O)cc1NC(=O)/C=C/c1cccc(-c2ccccc2)c1. The van der Waals surface area contributed by atoms with Gasteiger partial charge in [-0.05, 0) is 47.0 Å². The minimum Gasteiger partial charge on any atom is -0.495 e. The van der Waals surface area contributed by atoms with Crippen LogP contribution in [0.5, 0.6) is 5.75 Å². The van der Waals surface area contributed by atoms with Crippen molar-refractivity contribution in [3.05, 3.63) is 84.4 Å². The van der Waals surface area contributed by atoms with Crippen molar-refractivity contribution in [3.8, 4) is 16.9 Å². The molecule has 2 N–H and O–H groups in total. The topological polar surface area (TPSA) is 67.4 Å². The molecule has 3 aromatic carbocycles. The molecular weight excluding hydrogens is 364 g/mol. The molecule has 5 nitrogen and oxygen atoms in total. The zero-order valence-electron chi connectivity index (χ0n) is 16.3. The second-order valence-corrected chi connectivity index (χ2v) is 6.41. The van der Waals surface area contributed by atoms with Gasteiger partial charge in [-0.15, -0.1) is 0 Å². The number of amides is 2. The van der Waals surface area contributed by atoms with Gasteiger partial charge >= 0.3 is 0 Å². The molecule has 0 aliphatic rings. The zero-order chi connectivity index (χ0) is 20.6. The van der Waals surface area contributed by atoms with Crippen LogP contribution in [0.4, 0.5) is 11.4 Å². The summed E-state index contributed by atoms with van der Waals surface area (Å²) in [6.45, 7) is 1.43. The molecule has 0 saturated heterocycles. The lowest BCUT2D eigenvalue weighted by atomic mass is 10.0. The molecule has 0 aliphatic carbocycles. The van der Waals surface area contributed by atoms with Crippen LogP contribution in [0.3, 0.4) is 0 Å². The summed E-state index contributed by atoms with van der Waals surface area (Å²) >= 11 is 0. The van der Waals surface area contributed by atoms with Crippen LogP contribution in [0.1, 0.15) is 12.5 Å². The number of nitrogens with one attached hydrogen (secondary N) is 2. The second-order valence-electron chi connectivity index (χ2n) is 6.41. The summed E-state index contributed by atoms with van der Waals surface area (Å²) in [5.74, 6) is 0.0194. The van der Waals surface area contributed by atoms with Gasteiger partial charge in [0, 0.05) is 18.7 Å². The quantitative estimate of drug-likeness (QED) is 0.588. The number of rotatable bonds is 6. The van der Waals surface area contributed by atoms with E-state index in [1.54, 1.807) is 24.3 Å². The largest absolute Gasteiger partial charge is 0.495 e. The Morgan fingerprint density at radius 2 is 1.62 bits per heavy atom. The Morgan fingerprint density at radius 3 is 2.34 bits per heavy atom. The highest BCUT2D eigenvalue weighted by molar-refractivity contribution is 6.03. The maximum Gasteiger partial charge on any atom is 0.248 e. The molecule has 0 radical (unpaired) electrons. The summed E-state index contributed by atoms with van der Waals surface area (Å²) < 4.78 is 5.28. The smallest absolute Gasteiger partial charge is 0.248 e. The summed E-state index contributed by atoms with van der Waals surface area (Å²) in [7, 11) is 1.52. The fraction of sp³-hybridized carbons (Fsp3) is 0.0833. The first-order chi connectivity index (χ1) is 14.0. The standard InChI is InChI=1S/C24H22N2O3/c1-17(27)25-21-12-13-23(29-2)22(16-21)26-24(28)14-11-18-7-6-10-20(15-18)19-8-4-3-5-9-19/h3-16H,1-2H3,(H,25,27)(H,26,28)/b14-11+. The number of hydrogen-bond donors (Lipinski definition) is 2. The number of carbonyl (C=O) groups excluding carboxylic acids is 2. The van der Waals surface area contributed by atoms with Crippen molar-refractivity contribution in [3.63, 3.8) is 0 Å². The van der Waals surface area contributed by atoms with Gasteiger partial charge in [0.05, 0.1) is 12.8 Å². The first-order valence-electron chi connectivity index (χ1n) is 9.15. The minimum absolute atomic E-state index is 0.189. The Morgan fingerprint density at radius 1 is 0.862 bits per heavy atom. The van der Waals surface area contributed by atoms with E-state index in [9.17, 15) is 9.59 Å². The van der Waals surface area contributed by atoms with Crippen molar-refractivity contribution in [2.45, 2.75) is 6.92 Å². The first-order valence-corrected chi connectivity index (χ1v) is 9.15. The molecule has 0 spiro atoms. The van der Waals surface area contributed by atoms with Crippen LogP contribution in [0.2, 0.25) is 0 Å². The van der Waals surface area contributed by atoms with Crippen molar-refractivity contribution in [2.24, 2.45) is 0 Å². The first kappa shape index (κ1) is 19.9. The molecular formula is C24H22N2O3. The highest BCUT2D eigenvalue weighted by Crippen LogP contribution is 2.28. The van der Waals surface area contributed by atoms with Gasteiger partial charge in [-0.25, -0.2) is 0 Å². The fourth-order valence-electron chi connectivity index (χ4n) is 2.89. The molecule has 0 bridgehead atoms. The van der Waals surface area contributed by atoms with E-state index >= 15 is 0 Å². The molecule has 3 aromatic rings. The Balaban J connectivity index is 1.74. The summed E-state index contributed by atoms with van der Waals surface area (Å²) in [4.78, 5) is 23.7. The molecule has 5 heteroatoms. The van der Waals surface area contributed by atoms with Gasteiger partial charge in [0.2, 0.25) is 11.8 Å². The Hall–Kier alpha value is -3.86. The summed E-state index contributed by atoms with van der Waals surface area (Å²) in [5.41, 5.74) is 4.17. The van der Waals surface area contributed by atoms with E-state index < -0.39 is 0 Å². The molecule has 0 aliphatic heterocycles. The Bertz CT molecular complexity index is 1040. The lowest BCUT2D eigenvalue weighted by Gasteiger charge is -2.11. The normalized spacial score (nSPS) is 10.6. The third-order valence-electron chi connectivity index (χ3n) is 4.20. The number of methoxy groups -OCH3 is 1. The lowest BCUT2D eigenvalue weighted by Crippen LogP contribution is -2.10. The van der Waals surface area contributed by atoms with Crippen LogP contribution in [0.25, 0.3) is 17.2 Å². The van der Waals surface area contributed by atoms with Crippen molar-refractivity contribution >= 4 is 29.3 Å². The average Bonchev–Trinajstić information content (AvgIpc) is 2.73. The summed E-state index contributed by atoms with van der Waals surface area (Å²) in [5, 5.41) is 5.48. The Kier molecular flexibility index (Phi) is 6.43. The number of carbonyl (C=O) groups is 2. The van der Waals surface area contributed by atoms with E-state index in [-0.39, 0.29) is 11.8 Å². The monoisotopic (exact) mass is 386 g/mol. The van der Waals surface area contributed by atoms with Crippen LogP contribution in [0.15, 0.2) is 78.9 Å². The molecule has 2 amide bonds. The van der Waals surface area contributed by atoms with Crippen LogP contribution < -0.4 is 15.4 Å². The van der Waals surface area contributed by atoms with Crippen molar-refractivity contribution in [1.29, 1.82) is 0 Å². The van der Waals surface area contributed by atoms with Crippen LogP contribution >= 0.6 is 0 Å². The van der Waals surface area contributed by atoms with Crippen LogP contribution in [-0.4, -0.2) is 18.9 Å². The van der Waals surface area contributed by atoms with Gasteiger partial charge in [-0.3, -0.25) is 9.59 Å². The molecule has 146 valence electrons. The van der Waals surface area contributed by atoms with Gasteiger partial charge < -0.3 is 15.4 Å². The fourth-order valence-corrected chi connectivity index (χ4v) is 2.89. The van der Waals surface area contributed by atoms with Gasteiger partial charge in [0.1, 0.15) is 5.75 Å². The molecule has 0 fully saturated rings. The number of hydrogen-bond acceptors (Lipinski definition) is 3. The maximum absolute atomic E-state index is 12.4. The van der Waals surface area contributed by atoms with Gasteiger partial charge in [0.25, 0.3) is 0 Å². The predicted molar refractivity (Wildman–Crippen MR) is 117 cm³/mol. The zero-order valence-corrected chi connectivity index (χ0v) is 16.3. The highest BCUT2D eigenvalue weighted by atomic mass is 16.5. The van der Waals surface area contributed by atoms with Crippen molar-refractivity contribution in [2.75, 3.05) is 17.7 Å². The number of benzene rings is 3. The van der Waals surface area contributed by atoms with Crippen molar-refractivity contribution < 1.29 is 14.3 Å². The van der Waals surface area contributed by atoms with E-state index in [1.165, 1.54) is 20.1 Å². The van der Waals surface area contributed by atoms with Gasteiger partial charge in [-0.2, -0.15) is 0 Å². The van der Waals surface area contributed by atoms with E-state index in [0.29, 0.717) is 17.1 Å². The molecule has 29 heavy (non-hydrogen) atoms. The average molecular weight is 386 g/mol. The molecule has 0 unspecified atom stereocenters. The van der Waals surface area contributed by atoms with E-state index in [4.69, 9.17) is 4.74 Å². The number of ether oxygens (including phenoxy) is 1. The molecule has 0 atom stereocenters. The van der Waals surface area contributed by atoms with Crippen molar-refractivity contribution in [1.82, 2.24) is 0 Å². The maximum atomic E-state index is 12.4. The molecule has 3 rings (SSSR count). The summed E-state index contributed by atoms with van der Waals surface area (Å²) in [6, 6.07) is 23.1.